The van der Waals surface area contributed by atoms with Crippen LogP contribution in [-0.4, -0.2) is 32.9 Å². The summed E-state index contributed by atoms with van der Waals surface area (Å²) in [5, 5.41) is 3.54. The molecule has 26 heavy (non-hydrogen) atoms. The normalized spacial score (nSPS) is 17.2. The highest BCUT2D eigenvalue weighted by molar-refractivity contribution is 5.74. The minimum atomic E-state index is 0.689. The Morgan fingerprint density at radius 3 is 2.69 bits per heavy atom. The second-order valence-corrected chi connectivity index (χ2v) is 6.97. The molecule has 1 saturated heterocycles. The molecule has 140 valence electrons. The number of hydrogen-bond acceptors (Lipinski definition) is 3. The van der Waals surface area contributed by atoms with E-state index in [1.807, 2.05) is 6.92 Å². The zero-order chi connectivity index (χ0) is 18.0. The lowest BCUT2D eigenvalue weighted by Crippen LogP contribution is -2.30. The van der Waals surface area contributed by atoms with Gasteiger partial charge >= 0.3 is 0 Å². The fraction of sp³-hybridized carbons (Fsp3) is 0.478. The van der Waals surface area contributed by atoms with Crippen molar-refractivity contribution in [1.82, 2.24) is 5.32 Å². The van der Waals surface area contributed by atoms with E-state index in [0.717, 1.165) is 44.9 Å². The summed E-state index contributed by atoms with van der Waals surface area (Å²) in [7, 11) is 0. The summed E-state index contributed by atoms with van der Waals surface area (Å²) in [6, 6.07) is 17.2. The summed E-state index contributed by atoms with van der Waals surface area (Å²) in [5.41, 5.74) is 3.90. The zero-order valence-electron chi connectivity index (χ0n) is 15.9. The molecule has 1 unspecified atom stereocenters. The van der Waals surface area contributed by atoms with Crippen molar-refractivity contribution in [3.8, 4) is 16.9 Å². The van der Waals surface area contributed by atoms with E-state index < -0.39 is 0 Å². The van der Waals surface area contributed by atoms with Crippen LogP contribution in [0.1, 0.15) is 31.7 Å². The Bertz CT molecular complexity index is 651. The lowest BCUT2D eigenvalue weighted by atomic mass is 9.88. The maximum atomic E-state index is 6.17. The third kappa shape index (κ3) is 5.33. The molecule has 0 spiro atoms. The molecule has 0 aromatic heterocycles. The molecule has 1 aliphatic heterocycles. The van der Waals surface area contributed by atoms with Gasteiger partial charge in [0.05, 0.1) is 6.61 Å². The number of hydrogen-bond donors (Lipinski definition) is 1. The van der Waals surface area contributed by atoms with Crippen LogP contribution < -0.4 is 10.1 Å². The van der Waals surface area contributed by atoms with Crippen molar-refractivity contribution >= 4 is 0 Å². The topological polar surface area (TPSA) is 30.5 Å². The fourth-order valence-electron chi connectivity index (χ4n) is 3.70. The average Bonchev–Trinajstić information content (AvgIpc) is 2.69. The predicted octanol–water partition coefficient (Wildman–Crippen LogP) is 4.70. The highest BCUT2D eigenvalue weighted by Gasteiger charge is 2.18. The molecule has 0 radical (unpaired) electrons. The van der Waals surface area contributed by atoms with Crippen molar-refractivity contribution in [2.24, 2.45) is 5.92 Å². The standard InChI is InChI=1S/C23H31NO2/c1-2-25-15-8-16-26-22-13-6-12-21(17-19-9-7-14-24-18-19)23(22)20-10-4-3-5-11-20/h3-6,10-13,19,24H,2,7-9,14-18H2,1H3. The van der Waals surface area contributed by atoms with E-state index in [1.54, 1.807) is 0 Å². The molecule has 3 heteroatoms. The molecule has 2 aromatic rings. The molecule has 0 saturated carbocycles. The summed E-state index contributed by atoms with van der Waals surface area (Å²) in [6.45, 7) is 6.51. The van der Waals surface area contributed by atoms with Crippen LogP contribution in [0.5, 0.6) is 5.75 Å². The predicted molar refractivity (Wildman–Crippen MR) is 108 cm³/mol. The Morgan fingerprint density at radius 2 is 1.92 bits per heavy atom. The van der Waals surface area contributed by atoms with E-state index >= 15 is 0 Å². The molecule has 1 heterocycles. The van der Waals surface area contributed by atoms with Crippen molar-refractivity contribution in [1.29, 1.82) is 0 Å². The maximum absolute atomic E-state index is 6.17. The first kappa shape index (κ1) is 18.9. The summed E-state index contributed by atoms with van der Waals surface area (Å²) in [6.07, 6.45) is 4.60. The van der Waals surface area contributed by atoms with Crippen LogP contribution >= 0.6 is 0 Å². The quantitative estimate of drug-likeness (QED) is 0.663. The van der Waals surface area contributed by atoms with Crippen LogP contribution in [0, 0.1) is 5.92 Å². The van der Waals surface area contributed by atoms with Gasteiger partial charge in [-0.1, -0.05) is 42.5 Å². The molecule has 0 bridgehead atoms. The van der Waals surface area contributed by atoms with Gasteiger partial charge in [0.25, 0.3) is 0 Å². The van der Waals surface area contributed by atoms with Gasteiger partial charge < -0.3 is 14.8 Å². The van der Waals surface area contributed by atoms with Gasteiger partial charge in [-0.15, -0.1) is 0 Å². The van der Waals surface area contributed by atoms with Crippen LogP contribution in [0.15, 0.2) is 48.5 Å². The third-order valence-corrected chi connectivity index (χ3v) is 4.98. The maximum Gasteiger partial charge on any atom is 0.127 e. The van der Waals surface area contributed by atoms with Gasteiger partial charge in [-0.3, -0.25) is 0 Å². The van der Waals surface area contributed by atoms with Gasteiger partial charge in [-0.05, 0) is 62.4 Å². The summed E-state index contributed by atoms with van der Waals surface area (Å²) >= 11 is 0. The molecule has 1 N–H and O–H groups in total. The molecule has 0 aliphatic carbocycles. The first-order chi connectivity index (χ1) is 12.9. The first-order valence-corrected chi connectivity index (χ1v) is 9.97. The number of piperidine rings is 1. The van der Waals surface area contributed by atoms with Crippen LogP contribution in [0.4, 0.5) is 0 Å². The average molecular weight is 354 g/mol. The van der Waals surface area contributed by atoms with Crippen LogP contribution in [-0.2, 0) is 11.2 Å². The van der Waals surface area contributed by atoms with Gasteiger partial charge in [-0.25, -0.2) is 0 Å². The lowest BCUT2D eigenvalue weighted by Gasteiger charge is -2.24. The molecular weight excluding hydrogens is 322 g/mol. The van der Waals surface area contributed by atoms with E-state index in [9.17, 15) is 0 Å². The van der Waals surface area contributed by atoms with E-state index in [-0.39, 0.29) is 0 Å². The summed E-state index contributed by atoms with van der Waals surface area (Å²) in [5.74, 6) is 1.70. The van der Waals surface area contributed by atoms with Gasteiger partial charge in [0.15, 0.2) is 0 Å². The molecule has 1 aliphatic rings. The smallest absolute Gasteiger partial charge is 0.127 e. The number of rotatable bonds is 9. The SMILES string of the molecule is CCOCCCOc1cccc(CC2CCCNC2)c1-c1ccccc1. The monoisotopic (exact) mass is 353 g/mol. The van der Waals surface area contributed by atoms with E-state index in [0.29, 0.717) is 12.5 Å². The Morgan fingerprint density at radius 1 is 1.04 bits per heavy atom. The Balaban J connectivity index is 1.79. The van der Waals surface area contributed by atoms with Crippen molar-refractivity contribution < 1.29 is 9.47 Å². The summed E-state index contributed by atoms with van der Waals surface area (Å²) < 4.78 is 11.6. The first-order valence-electron chi connectivity index (χ1n) is 9.97. The van der Waals surface area contributed by atoms with Gasteiger partial charge in [0, 0.05) is 25.2 Å². The van der Waals surface area contributed by atoms with Gasteiger partial charge in [-0.2, -0.15) is 0 Å². The fourth-order valence-corrected chi connectivity index (χ4v) is 3.70. The van der Waals surface area contributed by atoms with Gasteiger partial charge in [0.1, 0.15) is 5.75 Å². The highest BCUT2D eigenvalue weighted by Crippen LogP contribution is 2.35. The van der Waals surface area contributed by atoms with Crippen LogP contribution in [0.2, 0.25) is 0 Å². The third-order valence-electron chi connectivity index (χ3n) is 4.98. The second-order valence-electron chi connectivity index (χ2n) is 6.97. The van der Waals surface area contributed by atoms with Crippen molar-refractivity contribution in [2.45, 2.75) is 32.6 Å². The highest BCUT2D eigenvalue weighted by atomic mass is 16.5. The van der Waals surface area contributed by atoms with Crippen LogP contribution in [0.25, 0.3) is 11.1 Å². The number of benzene rings is 2. The molecule has 0 amide bonds. The van der Waals surface area contributed by atoms with E-state index in [2.05, 4.69) is 53.8 Å². The van der Waals surface area contributed by atoms with E-state index in [4.69, 9.17) is 9.47 Å². The minimum absolute atomic E-state index is 0.689. The number of ether oxygens (including phenoxy) is 2. The molecule has 1 atom stereocenters. The largest absolute Gasteiger partial charge is 0.493 e. The molecule has 2 aromatic carbocycles. The van der Waals surface area contributed by atoms with Crippen molar-refractivity contribution in [2.75, 3.05) is 32.9 Å². The molecule has 1 fully saturated rings. The lowest BCUT2D eigenvalue weighted by molar-refractivity contribution is 0.131. The van der Waals surface area contributed by atoms with E-state index in [1.165, 1.54) is 29.5 Å². The second kappa shape index (κ2) is 10.3. The van der Waals surface area contributed by atoms with Crippen molar-refractivity contribution in [3.05, 3.63) is 54.1 Å². The minimum Gasteiger partial charge on any atom is -0.493 e. The zero-order valence-corrected chi connectivity index (χ0v) is 15.9. The van der Waals surface area contributed by atoms with Gasteiger partial charge in [0.2, 0.25) is 0 Å². The van der Waals surface area contributed by atoms with Crippen LogP contribution in [0.3, 0.4) is 0 Å². The Hall–Kier alpha value is -1.84. The molecular formula is C23H31NO2. The number of nitrogens with one attached hydrogen (secondary N) is 1. The summed E-state index contributed by atoms with van der Waals surface area (Å²) in [4.78, 5) is 0. The Kier molecular flexibility index (Phi) is 7.53. The van der Waals surface area contributed by atoms with Crippen molar-refractivity contribution in [3.63, 3.8) is 0 Å². The molecule has 3 nitrogen and oxygen atoms in total. The Labute approximate surface area is 157 Å². The molecule has 3 rings (SSSR count).